The summed E-state index contributed by atoms with van der Waals surface area (Å²) in [5.41, 5.74) is 2.48. The molecule has 0 bridgehead atoms. The highest BCUT2D eigenvalue weighted by Crippen LogP contribution is 2.31. The van der Waals surface area contributed by atoms with Crippen LogP contribution in [0.25, 0.3) is 11.6 Å². The second kappa shape index (κ2) is 9.20. The van der Waals surface area contributed by atoms with Crippen molar-refractivity contribution < 1.29 is 14.4 Å². The highest BCUT2D eigenvalue weighted by Gasteiger charge is 2.10. The Bertz CT molecular complexity index is 1090. The Morgan fingerprint density at radius 1 is 1.07 bits per heavy atom. The van der Waals surface area contributed by atoms with E-state index >= 15 is 0 Å². The van der Waals surface area contributed by atoms with Crippen LogP contribution < -0.4 is 9.47 Å². The minimum absolute atomic E-state index is 0.0640. The molecule has 3 aromatic carbocycles. The van der Waals surface area contributed by atoms with Crippen LogP contribution >= 0.6 is 0 Å². The fourth-order valence-electron chi connectivity index (χ4n) is 2.76. The highest BCUT2D eigenvalue weighted by molar-refractivity contribution is 5.90. The van der Waals surface area contributed by atoms with Crippen molar-refractivity contribution in [3.63, 3.8) is 0 Å². The molecule has 0 amide bonds. The van der Waals surface area contributed by atoms with E-state index in [0.717, 1.165) is 11.1 Å². The second-order valence-corrected chi connectivity index (χ2v) is 6.16. The van der Waals surface area contributed by atoms with Gasteiger partial charge in [-0.1, -0.05) is 48.5 Å². The number of benzene rings is 3. The molecular weight excluding hydrogens is 368 g/mol. The molecule has 29 heavy (non-hydrogen) atoms. The number of rotatable bonds is 7. The Morgan fingerprint density at radius 2 is 1.86 bits per heavy atom. The number of methoxy groups -OCH3 is 1. The minimum atomic E-state index is -0.486. The van der Waals surface area contributed by atoms with Crippen LogP contribution in [0.2, 0.25) is 0 Å². The van der Waals surface area contributed by atoms with Crippen LogP contribution in [0.15, 0.2) is 72.8 Å². The molecule has 6 heteroatoms. The first kappa shape index (κ1) is 19.6. The molecule has 0 N–H and O–H groups in total. The quantitative estimate of drug-likeness (QED) is 0.240. The molecule has 144 valence electrons. The highest BCUT2D eigenvalue weighted by atomic mass is 16.6. The van der Waals surface area contributed by atoms with E-state index < -0.39 is 4.92 Å². The van der Waals surface area contributed by atoms with Crippen molar-refractivity contribution in [2.24, 2.45) is 0 Å². The lowest BCUT2D eigenvalue weighted by Crippen LogP contribution is -1.97. The molecule has 0 aliphatic rings. The Labute approximate surface area is 168 Å². The van der Waals surface area contributed by atoms with Gasteiger partial charge in [-0.2, -0.15) is 5.26 Å². The molecule has 6 nitrogen and oxygen atoms in total. The number of ether oxygens (including phenoxy) is 2. The van der Waals surface area contributed by atoms with E-state index in [1.54, 1.807) is 43.5 Å². The van der Waals surface area contributed by atoms with Gasteiger partial charge in [0.15, 0.2) is 11.5 Å². The smallest absolute Gasteiger partial charge is 0.270 e. The summed E-state index contributed by atoms with van der Waals surface area (Å²) in [7, 11) is 1.55. The van der Waals surface area contributed by atoms with Gasteiger partial charge in [-0.25, -0.2) is 0 Å². The van der Waals surface area contributed by atoms with E-state index in [0.29, 0.717) is 29.2 Å². The number of nitro groups is 1. The largest absolute Gasteiger partial charge is 0.493 e. The Kier molecular flexibility index (Phi) is 6.23. The third-order valence-corrected chi connectivity index (χ3v) is 4.22. The van der Waals surface area contributed by atoms with E-state index in [4.69, 9.17) is 9.47 Å². The van der Waals surface area contributed by atoms with Gasteiger partial charge >= 0.3 is 0 Å². The summed E-state index contributed by atoms with van der Waals surface area (Å²) in [6.45, 7) is 0.406. The summed E-state index contributed by atoms with van der Waals surface area (Å²) in [5.74, 6) is 1.12. The fourth-order valence-corrected chi connectivity index (χ4v) is 2.76. The SMILES string of the molecule is COc1cc(/C=C(/C#N)c2cccc([N+](=O)[O-])c2)ccc1OCc1ccccc1. The van der Waals surface area contributed by atoms with Crippen molar-refractivity contribution in [2.45, 2.75) is 6.61 Å². The van der Waals surface area contributed by atoms with Crippen LogP contribution in [0.1, 0.15) is 16.7 Å². The number of hydrogen-bond acceptors (Lipinski definition) is 5. The summed E-state index contributed by atoms with van der Waals surface area (Å²) in [4.78, 5) is 10.5. The van der Waals surface area contributed by atoms with E-state index in [-0.39, 0.29) is 5.69 Å². The van der Waals surface area contributed by atoms with Crippen molar-refractivity contribution in [3.8, 4) is 17.6 Å². The Balaban J connectivity index is 1.85. The van der Waals surface area contributed by atoms with Gasteiger partial charge in [0, 0.05) is 12.1 Å². The number of nitrogens with zero attached hydrogens (tertiary/aromatic N) is 2. The summed E-state index contributed by atoms with van der Waals surface area (Å²) in [5, 5.41) is 20.5. The van der Waals surface area contributed by atoms with Crippen LogP contribution in [0.3, 0.4) is 0 Å². The van der Waals surface area contributed by atoms with Crippen LogP contribution in [0, 0.1) is 21.4 Å². The first-order chi connectivity index (χ1) is 14.1. The molecule has 0 spiro atoms. The van der Waals surface area contributed by atoms with E-state index in [1.165, 1.54) is 12.1 Å². The third kappa shape index (κ3) is 4.99. The van der Waals surface area contributed by atoms with Gasteiger partial charge in [0.1, 0.15) is 6.61 Å². The summed E-state index contributed by atoms with van der Waals surface area (Å²) in [6, 6.07) is 23.2. The molecule has 0 fully saturated rings. The number of nitro benzene ring substituents is 1. The zero-order valence-electron chi connectivity index (χ0n) is 15.7. The lowest BCUT2D eigenvalue weighted by atomic mass is 10.0. The molecule has 0 aliphatic heterocycles. The van der Waals surface area contributed by atoms with Gasteiger partial charge in [0.05, 0.1) is 23.7 Å². The third-order valence-electron chi connectivity index (χ3n) is 4.22. The normalized spacial score (nSPS) is 10.8. The molecule has 3 rings (SSSR count). The Hall–Kier alpha value is -4.11. The van der Waals surface area contributed by atoms with Crippen molar-refractivity contribution in [3.05, 3.63) is 99.6 Å². The maximum absolute atomic E-state index is 11.0. The summed E-state index contributed by atoms with van der Waals surface area (Å²) < 4.78 is 11.3. The predicted octanol–water partition coefficient (Wildman–Crippen LogP) is 5.25. The minimum Gasteiger partial charge on any atom is -0.493 e. The fraction of sp³-hybridized carbons (Fsp3) is 0.0870. The van der Waals surface area contributed by atoms with Gasteiger partial charge < -0.3 is 9.47 Å². The first-order valence-corrected chi connectivity index (χ1v) is 8.82. The average molecular weight is 386 g/mol. The second-order valence-electron chi connectivity index (χ2n) is 6.16. The van der Waals surface area contributed by atoms with E-state index in [1.807, 2.05) is 30.3 Å². The lowest BCUT2D eigenvalue weighted by Gasteiger charge is -2.11. The predicted molar refractivity (Wildman–Crippen MR) is 110 cm³/mol. The van der Waals surface area contributed by atoms with Crippen LogP contribution in [-0.4, -0.2) is 12.0 Å². The standard InChI is InChI=1S/C23H18N2O4/c1-28-23-13-18(10-11-22(23)29-16-17-6-3-2-4-7-17)12-20(15-24)19-8-5-9-21(14-19)25(26)27/h2-14H,16H2,1H3/b20-12-. The molecule has 0 heterocycles. The zero-order valence-corrected chi connectivity index (χ0v) is 15.7. The van der Waals surface area contributed by atoms with Gasteiger partial charge in [-0.05, 0) is 34.9 Å². The lowest BCUT2D eigenvalue weighted by molar-refractivity contribution is -0.384. The van der Waals surface area contributed by atoms with E-state index in [9.17, 15) is 15.4 Å². The monoisotopic (exact) mass is 386 g/mol. The molecule has 0 aliphatic carbocycles. The molecular formula is C23H18N2O4. The van der Waals surface area contributed by atoms with Crippen molar-refractivity contribution in [2.75, 3.05) is 7.11 Å². The molecule has 0 saturated heterocycles. The van der Waals surface area contributed by atoms with Crippen LogP contribution in [-0.2, 0) is 6.61 Å². The average Bonchev–Trinajstić information content (AvgIpc) is 2.77. The number of non-ortho nitro benzene ring substituents is 1. The number of hydrogen-bond donors (Lipinski definition) is 0. The molecule has 3 aromatic rings. The van der Waals surface area contributed by atoms with Crippen LogP contribution in [0.4, 0.5) is 5.69 Å². The number of nitriles is 1. The maximum Gasteiger partial charge on any atom is 0.270 e. The van der Waals surface area contributed by atoms with E-state index in [2.05, 4.69) is 6.07 Å². The maximum atomic E-state index is 11.0. The van der Waals surface area contributed by atoms with Crippen molar-refractivity contribution in [1.29, 1.82) is 5.26 Å². The van der Waals surface area contributed by atoms with Gasteiger partial charge in [-0.3, -0.25) is 10.1 Å². The van der Waals surface area contributed by atoms with Gasteiger partial charge in [0.2, 0.25) is 0 Å². The van der Waals surface area contributed by atoms with Crippen LogP contribution in [0.5, 0.6) is 11.5 Å². The van der Waals surface area contributed by atoms with Gasteiger partial charge in [0.25, 0.3) is 5.69 Å². The molecule has 0 aromatic heterocycles. The molecule has 0 saturated carbocycles. The zero-order chi connectivity index (χ0) is 20.6. The number of allylic oxidation sites excluding steroid dienone is 1. The Morgan fingerprint density at radius 3 is 2.55 bits per heavy atom. The topological polar surface area (TPSA) is 85.4 Å². The summed E-state index contributed by atoms with van der Waals surface area (Å²) in [6.07, 6.45) is 1.66. The summed E-state index contributed by atoms with van der Waals surface area (Å²) >= 11 is 0. The molecule has 0 atom stereocenters. The van der Waals surface area contributed by atoms with Gasteiger partial charge in [-0.15, -0.1) is 0 Å². The molecule has 0 unspecified atom stereocenters. The molecule has 0 radical (unpaired) electrons. The van der Waals surface area contributed by atoms with Crippen molar-refractivity contribution in [1.82, 2.24) is 0 Å². The first-order valence-electron chi connectivity index (χ1n) is 8.82. The van der Waals surface area contributed by atoms with Crippen molar-refractivity contribution >= 4 is 17.3 Å².